The van der Waals surface area contributed by atoms with Gasteiger partial charge in [-0.2, -0.15) is 0 Å². The maximum atomic E-state index is 12.9. The Morgan fingerprint density at radius 1 is 1.47 bits per heavy atom. The molecule has 0 heterocycles. The highest BCUT2D eigenvalue weighted by atomic mass is 19.1. The van der Waals surface area contributed by atoms with Gasteiger partial charge >= 0.3 is 5.97 Å². The summed E-state index contributed by atoms with van der Waals surface area (Å²) in [6, 6.07) is 6.32. The highest BCUT2D eigenvalue weighted by Crippen LogP contribution is 2.31. The Kier molecular flexibility index (Phi) is 3.61. The van der Waals surface area contributed by atoms with E-state index in [1.807, 2.05) is 6.07 Å². The van der Waals surface area contributed by atoms with Crippen molar-refractivity contribution < 1.29 is 14.3 Å². The molecule has 2 atom stereocenters. The van der Waals surface area contributed by atoms with Crippen LogP contribution in [0, 0.1) is 17.7 Å². The molecule has 1 fully saturated rings. The zero-order valence-corrected chi connectivity index (χ0v) is 9.53. The van der Waals surface area contributed by atoms with Gasteiger partial charge in [0.1, 0.15) is 5.82 Å². The number of hydrogen-bond donors (Lipinski definition) is 2. The van der Waals surface area contributed by atoms with Crippen LogP contribution in [-0.4, -0.2) is 17.6 Å². The van der Waals surface area contributed by atoms with Gasteiger partial charge < -0.3 is 10.4 Å². The molecule has 2 rings (SSSR count). The van der Waals surface area contributed by atoms with Crippen LogP contribution in [0.25, 0.3) is 0 Å². The third-order valence-corrected chi connectivity index (χ3v) is 3.31. The number of halogens is 1. The van der Waals surface area contributed by atoms with E-state index in [9.17, 15) is 9.18 Å². The molecule has 3 nitrogen and oxygen atoms in total. The third-order valence-electron chi connectivity index (χ3n) is 3.31. The van der Waals surface area contributed by atoms with Crippen LogP contribution >= 0.6 is 0 Å². The maximum Gasteiger partial charge on any atom is 0.306 e. The van der Waals surface area contributed by atoms with Crippen molar-refractivity contribution in [2.24, 2.45) is 11.8 Å². The van der Waals surface area contributed by atoms with E-state index in [-0.39, 0.29) is 11.7 Å². The first kappa shape index (κ1) is 11.9. The normalized spacial score (nSPS) is 23.6. The minimum Gasteiger partial charge on any atom is -0.481 e. The van der Waals surface area contributed by atoms with Gasteiger partial charge in [0, 0.05) is 12.2 Å². The number of hydrogen-bond acceptors (Lipinski definition) is 2. The van der Waals surface area contributed by atoms with Crippen LogP contribution in [0.2, 0.25) is 0 Å². The van der Waals surface area contributed by atoms with Crippen molar-refractivity contribution in [2.75, 3.05) is 11.9 Å². The summed E-state index contributed by atoms with van der Waals surface area (Å²) in [6.07, 6.45) is 2.40. The Labute approximate surface area is 99.7 Å². The summed E-state index contributed by atoms with van der Waals surface area (Å²) in [6.45, 7) is 0.716. The van der Waals surface area contributed by atoms with Crippen LogP contribution in [0.15, 0.2) is 24.3 Å². The van der Waals surface area contributed by atoms with E-state index in [0.29, 0.717) is 12.5 Å². The van der Waals surface area contributed by atoms with E-state index in [1.54, 1.807) is 6.07 Å². The largest absolute Gasteiger partial charge is 0.481 e. The summed E-state index contributed by atoms with van der Waals surface area (Å²) in [4.78, 5) is 10.8. The van der Waals surface area contributed by atoms with Crippen LogP contribution in [0.1, 0.15) is 19.3 Å². The van der Waals surface area contributed by atoms with Gasteiger partial charge in [-0.25, -0.2) is 4.39 Å². The van der Waals surface area contributed by atoms with Gasteiger partial charge in [-0.05, 0) is 43.4 Å². The first-order valence-corrected chi connectivity index (χ1v) is 5.87. The molecule has 0 radical (unpaired) electrons. The molecule has 2 unspecified atom stereocenters. The lowest BCUT2D eigenvalue weighted by atomic mass is 10.1. The van der Waals surface area contributed by atoms with Crippen LogP contribution < -0.4 is 5.32 Å². The summed E-state index contributed by atoms with van der Waals surface area (Å²) in [5, 5.41) is 12.0. The average molecular weight is 237 g/mol. The maximum absolute atomic E-state index is 12.9. The molecule has 1 aliphatic rings. The number of aliphatic carboxylic acids is 1. The average Bonchev–Trinajstić information content (AvgIpc) is 2.75. The third kappa shape index (κ3) is 3.19. The van der Waals surface area contributed by atoms with Gasteiger partial charge in [0.2, 0.25) is 0 Å². The fraction of sp³-hybridized carbons (Fsp3) is 0.462. The lowest BCUT2D eigenvalue weighted by Gasteiger charge is -2.12. The smallest absolute Gasteiger partial charge is 0.306 e. The predicted octanol–water partition coefficient (Wildman–Crippen LogP) is 2.74. The second kappa shape index (κ2) is 5.17. The van der Waals surface area contributed by atoms with Crippen LogP contribution in [0.3, 0.4) is 0 Å². The van der Waals surface area contributed by atoms with Crippen molar-refractivity contribution in [1.29, 1.82) is 0 Å². The van der Waals surface area contributed by atoms with Gasteiger partial charge in [0.15, 0.2) is 0 Å². The molecule has 1 aliphatic carbocycles. The van der Waals surface area contributed by atoms with Crippen molar-refractivity contribution in [3.05, 3.63) is 30.1 Å². The molecule has 1 aromatic rings. The minimum absolute atomic E-state index is 0.200. The molecule has 0 amide bonds. The molecule has 0 aromatic heterocycles. The standard InChI is InChI=1S/C13H16FNO2/c14-11-2-1-3-12(7-11)15-8-9-4-5-10(6-9)13(16)17/h1-3,7,9-10,15H,4-6,8H2,(H,16,17). The molecular formula is C13H16FNO2. The van der Waals surface area contributed by atoms with E-state index >= 15 is 0 Å². The Balaban J connectivity index is 1.82. The molecule has 1 saturated carbocycles. The quantitative estimate of drug-likeness (QED) is 0.846. The number of nitrogens with one attached hydrogen (secondary N) is 1. The van der Waals surface area contributed by atoms with Crippen LogP contribution in [-0.2, 0) is 4.79 Å². The first-order valence-electron chi connectivity index (χ1n) is 5.87. The molecule has 17 heavy (non-hydrogen) atoms. The molecule has 0 saturated heterocycles. The highest BCUT2D eigenvalue weighted by molar-refractivity contribution is 5.70. The van der Waals surface area contributed by atoms with Crippen LogP contribution in [0.4, 0.5) is 10.1 Å². The molecule has 2 N–H and O–H groups in total. The lowest BCUT2D eigenvalue weighted by Crippen LogP contribution is -2.14. The molecule has 0 spiro atoms. The second-order valence-corrected chi connectivity index (χ2v) is 4.61. The van der Waals surface area contributed by atoms with Gasteiger partial charge in [-0.1, -0.05) is 6.07 Å². The fourth-order valence-electron chi connectivity index (χ4n) is 2.35. The minimum atomic E-state index is -0.696. The number of carbonyl (C=O) groups is 1. The van der Waals surface area contributed by atoms with E-state index < -0.39 is 5.97 Å². The number of benzene rings is 1. The van der Waals surface area contributed by atoms with Gasteiger partial charge in [0.05, 0.1) is 5.92 Å². The van der Waals surface area contributed by atoms with Crippen molar-refractivity contribution in [1.82, 2.24) is 0 Å². The Hall–Kier alpha value is -1.58. The molecule has 0 aliphatic heterocycles. The number of rotatable bonds is 4. The Morgan fingerprint density at radius 3 is 2.94 bits per heavy atom. The van der Waals surface area contributed by atoms with Crippen molar-refractivity contribution in [3.63, 3.8) is 0 Å². The molecule has 1 aromatic carbocycles. The Morgan fingerprint density at radius 2 is 2.29 bits per heavy atom. The zero-order chi connectivity index (χ0) is 12.3. The summed E-state index contributed by atoms with van der Waals surface area (Å²) in [5.41, 5.74) is 0.753. The fourth-order valence-corrected chi connectivity index (χ4v) is 2.35. The number of carboxylic acids is 1. The first-order chi connectivity index (χ1) is 8.15. The predicted molar refractivity (Wildman–Crippen MR) is 63.4 cm³/mol. The summed E-state index contributed by atoms with van der Waals surface area (Å²) in [5.74, 6) is -0.781. The Bertz CT molecular complexity index is 408. The SMILES string of the molecule is O=C(O)C1CCC(CNc2cccc(F)c2)C1. The van der Waals surface area contributed by atoms with Crippen LogP contribution in [0.5, 0.6) is 0 Å². The van der Waals surface area contributed by atoms with Gasteiger partial charge in [0.25, 0.3) is 0 Å². The molecule has 0 bridgehead atoms. The number of anilines is 1. The summed E-state index contributed by atoms with van der Waals surface area (Å²) >= 11 is 0. The van der Waals surface area contributed by atoms with Crippen molar-refractivity contribution in [2.45, 2.75) is 19.3 Å². The van der Waals surface area contributed by atoms with E-state index in [4.69, 9.17) is 5.11 Å². The highest BCUT2D eigenvalue weighted by Gasteiger charge is 2.29. The molecule has 4 heteroatoms. The van der Waals surface area contributed by atoms with Gasteiger partial charge in [-0.3, -0.25) is 4.79 Å². The van der Waals surface area contributed by atoms with E-state index in [2.05, 4.69) is 5.32 Å². The lowest BCUT2D eigenvalue weighted by molar-refractivity contribution is -0.141. The topological polar surface area (TPSA) is 49.3 Å². The number of carboxylic acid groups (broad SMARTS) is 1. The molecular weight excluding hydrogens is 221 g/mol. The van der Waals surface area contributed by atoms with Crippen molar-refractivity contribution in [3.8, 4) is 0 Å². The van der Waals surface area contributed by atoms with E-state index in [1.165, 1.54) is 12.1 Å². The zero-order valence-electron chi connectivity index (χ0n) is 9.53. The second-order valence-electron chi connectivity index (χ2n) is 4.61. The van der Waals surface area contributed by atoms with E-state index in [0.717, 1.165) is 24.9 Å². The summed E-state index contributed by atoms with van der Waals surface area (Å²) < 4.78 is 12.9. The monoisotopic (exact) mass is 237 g/mol. The van der Waals surface area contributed by atoms with Gasteiger partial charge in [-0.15, -0.1) is 0 Å². The molecule has 92 valence electrons. The van der Waals surface area contributed by atoms with Crippen molar-refractivity contribution >= 4 is 11.7 Å². The summed E-state index contributed by atoms with van der Waals surface area (Å²) in [7, 11) is 0.